The minimum Gasteiger partial charge on any atom is -0.481 e. The van der Waals surface area contributed by atoms with Gasteiger partial charge in [0.2, 0.25) is 0 Å². The lowest BCUT2D eigenvalue weighted by Crippen LogP contribution is -2.37. The van der Waals surface area contributed by atoms with Crippen LogP contribution in [0.4, 0.5) is 0 Å². The Kier molecular flexibility index (Phi) is 6.52. The number of carbonyl (C=O) groups is 2. The van der Waals surface area contributed by atoms with Crippen molar-refractivity contribution in [3.8, 4) is 5.75 Å². The summed E-state index contributed by atoms with van der Waals surface area (Å²) >= 11 is 0. The third-order valence-electron chi connectivity index (χ3n) is 2.57. The second-order valence-corrected chi connectivity index (χ2v) is 4.26. The molecule has 0 spiro atoms. The van der Waals surface area contributed by atoms with Crippen LogP contribution in [-0.2, 0) is 20.7 Å². The van der Waals surface area contributed by atoms with Gasteiger partial charge >= 0.3 is 5.97 Å². The summed E-state index contributed by atoms with van der Waals surface area (Å²) in [7, 11) is 1.56. The van der Waals surface area contributed by atoms with Crippen molar-refractivity contribution >= 4 is 11.9 Å². The number of carboxylic acids is 1. The van der Waals surface area contributed by atoms with Crippen LogP contribution in [0.1, 0.15) is 12.5 Å². The van der Waals surface area contributed by atoms with Gasteiger partial charge in [0.25, 0.3) is 5.91 Å². The van der Waals surface area contributed by atoms with Crippen molar-refractivity contribution in [3.05, 3.63) is 29.8 Å². The van der Waals surface area contributed by atoms with Crippen molar-refractivity contribution in [1.82, 2.24) is 5.32 Å². The Hall–Kier alpha value is -2.08. The Bertz CT molecular complexity index is 443. The minimum absolute atomic E-state index is 0.0344. The van der Waals surface area contributed by atoms with Crippen LogP contribution < -0.4 is 10.1 Å². The van der Waals surface area contributed by atoms with E-state index in [2.05, 4.69) is 5.32 Å². The van der Waals surface area contributed by atoms with E-state index >= 15 is 0 Å². The highest BCUT2D eigenvalue weighted by Gasteiger charge is 2.13. The zero-order valence-corrected chi connectivity index (χ0v) is 11.6. The van der Waals surface area contributed by atoms with Crippen molar-refractivity contribution < 1.29 is 24.2 Å². The van der Waals surface area contributed by atoms with E-state index in [1.54, 1.807) is 38.3 Å². The molecule has 6 heteroatoms. The predicted molar refractivity (Wildman–Crippen MR) is 72.8 cm³/mol. The number of aliphatic carboxylic acids is 1. The maximum absolute atomic E-state index is 11.7. The molecule has 110 valence electrons. The first-order valence-electron chi connectivity index (χ1n) is 6.27. The molecule has 1 rings (SSSR count). The number of hydrogen-bond donors (Lipinski definition) is 2. The molecule has 0 aliphatic heterocycles. The summed E-state index contributed by atoms with van der Waals surface area (Å²) in [6.45, 7) is 2.52. The van der Waals surface area contributed by atoms with Crippen LogP contribution in [-0.4, -0.2) is 43.3 Å². The lowest BCUT2D eigenvalue weighted by molar-refractivity contribution is -0.136. The summed E-state index contributed by atoms with van der Waals surface area (Å²) < 4.78 is 10.3. The average Bonchev–Trinajstić information content (AvgIpc) is 2.40. The van der Waals surface area contributed by atoms with E-state index in [0.29, 0.717) is 24.5 Å². The largest absolute Gasteiger partial charge is 0.481 e. The van der Waals surface area contributed by atoms with Crippen molar-refractivity contribution in [2.24, 2.45) is 0 Å². The summed E-state index contributed by atoms with van der Waals surface area (Å²) in [6, 6.07) is 6.63. The number of carboxylic acid groups (broad SMARTS) is 1. The second kappa shape index (κ2) is 8.16. The summed E-state index contributed by atoms with van der Waals surface area (Å²) in [4.78, 5) is 22.2. The van der Waals surface area contributed by atoms with Crippen molar-refractivity contribution in [2.45, 2.75) is 19.4 Å². The molecular formula is C14H19NO5. The molecule has 0 radical (unpaired) electrons. The van der Waals surface area contributed by atoms with Gasteiger partial charge in [-0.3, -0.25) is 9.59 Å². The number of nitrogens with one attached hydrogen (secondary N) is 1. The third kappa shape index (κ3) is 5.71. The molecule has 0 bridgehead atoms. The number of ether oxygens (including phenoxy) is 2. The van der Waals surface area contributed by atoms with Gasteiger partial charge < -0.3 is 19.9 Å². The van der Waals surface area contributed by atoms with Gasteiger partial charge in [0.1, 0.15) is 5.75 Å². The molecule has 1 aromatic rings. The molecule has 1 amide bonds. The number of carbonyl (C=O) groups excluding carboxylic acids is 1. The van der Waals surface area contributed by atoms with E-state index in [1.165, 1.54) is 0 Å². The first kappa shape index (κ1) is 16.0. The average molecular weight is 281 g/mol. The highest BCUT2D eigenvalue weighted by atomic mass is 16.5. The predicted octanol–water partition coefficient (Wildman–Crippen LogP) is 0.844. The number of rotatable bonds is 8. The Balaban J connectivity index is 2.47. The number of amides is 1. The van der Waals surface area contributed by atoms with Gasteiger partial charge in [-0.25, -0.2) is 0 Å². The quantitative estimate of drug-likeness (QED) is 0.690. The third-order valence-corrected chi connectivity index (χ3v) is 2.57. The zero-order chi connectivity index (χ0) is 15.0. The van der Waals surface area contributed by atoms with Crippen molar-refractivity contribution in [3.63, 3.8) is 0 Å². The zero-order valence-electron chi connectivity index (χ0n) is 11.6. The topological polar surface area (TPSA) is 84.9 Å². The van der Waals surface area contributed by atoms with Crippen LogP contribution in [0, 0.1) is 0 Å². The van der Waals surface area contributed by atoms with Gasteiger partial charge in [0.15, 0.2) is 6.10 Å². The molecular weight excluding hydrogens is 262 g/mol. The van der Waals surface area contributed by atoms with Crippen molar-refractivity contribution in [1.29, 1.82) is 0 Å². The summed E-state index contributed by atoms with van der Waals surface area (Å²) in [6.07, 6.45) is -0.662. The van der Waals surface area contributed by atoms with Crippen LogP contribution in [0.5, 0.6) is 5.75 Å². The van der Waals surface area contributed by atoms with Crippen LogP contribution >= 0.6 is 0 Å². The first-order chi connectivity index (χ1) is 9.52. The molecule has 0 saturated heterocycles. The molecule has 0 aliphatic rings. The van der Waals surface area contributed by atoms with Crippen LogP contribution in [0.15, 0.2) is 24.3 Å². The Morgan fingerprint density at radius 3 is 2.50 bits per heavy atom. The Morgan fingerprint density at radius 1 is 1.30 bits per heavy atom. The SMILES string of the molecule is COCCNC(=O)[C@@H](C)Oc1ccc(CC(=O)O)cc1. The molecule has 0 aliphatic carbocycles. The highest BCUT2D eigenvalue weighted by molar-refractivity contribution is 5.80. The number of benzene rings is 1. The van der Waals surface area contributed by atoms with Gasteiger partial charge in [0.05, 0.1) is 13.0 Å². The minimum atomic E-state index is -0.885. The van der Waals surface area contributed by atoms with Crippen LogP contribution in [0.2, 0.25) is 0 Å². The van der Waals surface area contributed by atoms with Gasteiger partial charge in [0, 0.05) is 13.7 Å². The summed E-state index contributed by atoms with van der Waals surface area (Å²) in [5.41, 5.74) is 0.682. The Morgan fingerprint density at radius 2 is 1.95 bits per heavy atom. The summed E-state index contributed by atoms with van der Waals surface area (Å²) in [5, 5.41) is 11.3. The maximum atomic E-state index is 11.7. The molecule has 0 fully saturated rings. The van der Waals surface area contributed by atoms with E-state index in [-0.39, 0.29) is 12.3 Å². The van der Waals surface area contributed by atoms with E-state index in [1.807, 2.05) is 0 Å². The fraction of sp³-hybridized carbons (Fsp3) is 0.429. The van der Waals surface area contributed by atoms with Gasteiger partial charge in [-0.05, 0) is 24.6 Å². The van der Waals surface area contributed by atoms with E-state index in [4.69, 9.17) is 14.6 Å². The normalized spacial score (nSPS) is 11.7. The molecule has 1 aromatic carbocycles. The fourth-order valence-corrected chi connectivity index (χ4v) is 1.54. The molecule has 0 aromatic heterocycles. The van der Waals surface area contributed by atoms with Gasteiger partial charge in [-0.2, -0.15) is 0 Å². The number of methoxy groups -OCH3 is 1. The first-order valence-corrected chi connectivity index (χ1v) is 6.27. The van der Waals surface area contributed by atoms with Crippen LogP contribution in [0.25, 0.3) is 0 Å². The van der Waals surface area contributed by atoms with E-state index in [0.717, 1.165) is 0 Å². The molecule has 0 saturated carbocycles. The van der Waals surface area contributed by atoms with E-state index in [9.17, 15) is 9.59 Å². The van der Waals surface area contributed by atoms with Crippen LogP contribution in [0.3, 0.4) is 0 Å². The van der Waals surface area contributed by atoms with Gasteiger partial charge in [-0.1, -0.05) is 12.1 Å². The molecule has 20 heavy (non-hydrogen) atoms. The molecule has 1 atom stereocenters. The molecule has 0 heterocycles. The molecule has 6 nitrogen and oxygen atoms in total. The highest BCUT2D eigenvalue weighted by Crippen LogP contribution is 2.14. The monoisotopic (exact) mass is 281 g/mol. The fourth-order valence-electron chi connectivity index (χ4n) is 1.54. The lowest BCUT2D eigenvalue weighted by atomic mass is 10.1. The van der Waals surface area contributed by atoms with Gasteiger partial charge in [-0.15, -0.1) is 0 Å². The molecule has 2 N–H and O–H groups in total. The number of hydrogen-bond acceptors (Lipinski definition) is 4. The lowest BCUT2D eigenvalue weighted by Gasteiger charge is -2.14. The Labute approximate surface area is 117 Å². The maximum Gasteiger partial charge on any atom is 0.307 e. The molecule has 0 unspecified atom stereocenters. The smallest absolute Gasteiger partial charge is 0.307 e. The second-order valence-electron chi connectivity index (χ2n) is 4.26. The standard InChI is InChI=1S/C14H19NO5/c1-10(14(18)15-7-8-19-2)20-12-5-3-11(4-6-12)9-13(16)17/h3-6,10H,7-9H2,1-2H3,(H,15,18)(H,16,17)/t10-/m1/s1. The van der Waals surface area contributed by atoms with Crippen molar-refractivity contribution in [2.75, 3.05) is 20.3 Å². The van der Waals surface area contributed by atoms with E-state index < -0.39 is 12.1 Å². The summed E-state index contributed by atoms with van der Waals surface area (Å²) in [5.74, 6) is -0.588.